The molecule has 8 nitrogen and oxygen atoms in total. The van der Waals surface area contributed by atoms with Gasteiger partial charge in [0, 0.05) is 48.4 Å². The zero-order valence-corrected chi connectivity index (χ0v) is 18.2. The minimum atomic E-state index is -0.478. The summed E-state index contributed by atoms with van der Waals surface area (Å²) >= 11 is 2.72. The molecule has 4 heterocycles. The molecular formula is C20H22N4O4S2. The van der Waals surface area contributed by atoms with Gasteiger partial charge in [-0.3, -0.25) is 24.7 Å². The summed E-state index contributed by atoms with van der Waals surface area (Å²) in [5, 5.41) is 12.4. The van der Waals surface area contributed by atoms with Crippen molar-refractivity contribution in [3.63, 3.8) is 0 Å². The van der Waals surface area contributed by atoms with E-state index in [1.807, 2.05) is 24.0 Å². The van der Waals surface area contributed by atoms with Gasteiger partial charge in [0.15, 0.2) is 0 Å². The average molecular weight is 447 g/mol. The van der Waals surface area contributed by atoms with Gasteiger partial charge >= 0.3 is 5.00 Å². The molecule has 0 aromatic carbocycles. The maximum atomic E-state index is 13.0. The van der Waals surface area contributed by atoms with Gasteiger partial charge in [-0.15, -0.1) is 11.8 Å². The fraction of sp³-hybridized carbons (Fsp3) is 0.450. The number of carbonyl (C=O) groups excluding carboxylic acids is 2. The van der Waals surface area contributed by atoms with Crippen molar-refractivity contribution in [2.24, 2.45) is 0 Å². The maximum Gasteiger partial charge on any atom is 0.324 e. The van der Waals surface area contributed by atoms with Crippen LogP contribution in [0.4, 0.5) is 5.00 Å². The second-order valence-electron chi connectivity index (χ2n) is 7.49. The van der Waals surface area contributed by atoms with Gasteiger partial charge in [-0.1, -0.05) is 11.3 Å². The highest BCUT2D eigenvalue weighted by Gasteiger charge is 2.31. The van der Waals surface area contributed by atoms with E-state index in [0.717, 1.165) is 35.0 Å². The third-order valence-corrected chi connectivity index (χ3v) is 7.36. The van der Waals surface area contributed by atoms with E-state index in [9.17, 15) is 19.7 Å². The number of rotatable bonds is 4. The molecule has 4 rings (SSSR count). The second kappa shape index (κ2) is 8.73. The van der Waals surface area contributed by atoms with Gasteiger partial charge < -0.3 is 9.80 Å². The third-order valence-electron chi connectivity index (χ3n) is 5.52. The molecule has 0 atom stereocenters. The normalized spacial score (nSPS) is 17.4. The molecule has 2 aliphatic heterocycles. The van der Waals surface area contributed by atoms with Crippen LogP contribution in [0.2, 0.25) is 0 Å². The average Bonchev–Trinajstić information content (AvgIpc) is 3.45. The van der Waals surface area contributed by atoms with Crippen molar-refractivity contribution in [1.82, 2.24) is 14.8 Å². The Morgan fingerprint density at radius 2 is 1.93 bits per heavy atom. The highest BCUT2D eigenvalue weighted by Crippen LogP contribution is 2.32. The molecule has 158 valence electrons. The minimum absolute atomic E-state index is 0.0274. The van der Waals surface area contributed by atoms with Gasteiger partial charge in [0.05, 0.1) is 27.6 Å². The summed E-state index contributed by atoms with van der Waals surface area (Å²) in [6.07, 6.45) is 1.42. The molecular weight excluding hydrogens is 424 g/mol. The van der Waals surface area contributed by atoms with Crippen molar-refractivity contribution in [3.8, 4) is 0 Å². The minimum Gasteiger partial charge on any atom is -0.339 e. The molecule has 10 heteroatoms. The molecule has 2 fully saturated rings. The summed E-state index contributed by atoms with van der Waals surface area (Å²) in [4.78, 5) is 44.4. The van der Waals surface area contributed by atoms with Crippen LogP contribution in [0.3, 0.4) is 0 Å². The van der Waals surface area contributed by atoms with Crippen LogP contribution in [-0.2, 0) is 0 Å². The number of carbonyl (C=O) groups is 2. The summed E-state index contributed by atoms with van der Waals surface area (Å²) in [5.74, 6) is 1.64. The number of pyridine rings is 1. The van der Waals surface area contributed by atoms with Crippen LogP contribution in [0.15, 0.2) is 23.6 Å². The summed E-state index contributed by atoms with van der Waals surface area (Å²) in [5.41, 5.74) is 2.74. The Labute approximate surface area is 182 Å². The van der Waals surface area contributed by atoms with Gasteiger partial charge in [-0.05, 0) is 31.9 Å². The standard InChI is InChI=1S/C20H22N4O4S2/c1-13-2-3-16(20(26)23-8-9-29-12-23)18(21-13)14-4-6-22(7-5-14)19(25)15-10-17(24(27)28)30-11-15/h2-3,10-11,14H,4-9,12H2,1H3. The number of thioether (sulfide) groups is 1. The first-order valence-corrected chi connectivity index (χ1v) is 11.8. The molecule has 2 aliphatic rings. The van der Waals surface area contributed by atoms with E-state index >= 15 is 0 Å². The quantitative estimate of drug-likeness (QED) is 0.527. The molecule has 0 N–H and O–H groups in total. The highest BCUT2D eigenvalue weighted by molar-refractivity contribution is 7.99. The molecule has 2 aromatic rings. The summed E-state index contributed by atoms with van der Waals surface area (Å²) in [6.45, 7) is 3.76. The molecule has 0 spiro atoms. The van der Waals surface area contributed by atoms with E-state index in [0.29, 0.717) is 42.9 Å². The number of hydrogen-bond acceptors (Lipinski definition) is 7. The van der Waals surface area contributed by atoms with Crippen LogP contribution >= 0.6 is 23.1 Å². The first-order valence-electron chi connectivity index (χ1n) is 9.81. The fourth-order valence-corrected chi connectivity index (χ4v) is 5.53. The Morgan fingerprint density at radius 1 is 1.17 bits per heavy atom. The Bertz CT molecular complexity index is 979. The number of nitrogens with zero attached hydrogens (tertiary/aromatic N) is 4. The van der Waals surface area contributed by atoms with Crippen LogP contribution in [0.5, 0.6) is 0 Å². The number of hydrogen-bond donors (Lipinski definition) is 0. The zero-order chi connectivity index (χ0) is 21.3. The first-order chi connectivity index (χ1) is 14.4. The number of thiophene rings is 1. The van der Waals surface area contributed by atoms with E-state index < -0.39 is 4.92 Å². The maximum absolute atomic E-state index is 13.0. The lowest BCUT2D eigenvalue weighted by molar-refractivity contribution is -0.380. The second-order valence-corrected chi connectivity index (χ2v) is 9.45. The van der Waals surface area contributed by atoms with Gasteiger partial charge in [0.25, 0.3) is 11.8 Å². The lowest BCUT2D eigenvalue weighted by Gasteiger charge is -2.32. The molecule has 2 aromatic heterocycles. The molecule has 2 amide bonds. The predicted octanol–water partition coefficient (Wildman–Crippen LogP) is 3.53. The number of nitro groups is 1. The molecule has 0 unspecified atom stereocenters. The van der Waals surface area contributed by atoms with Crippen LogP contribution in [-0.4, -0.2) is 62.8 Å². The number of likely N-dealkylation sites (tertiary alicyclic amines) is 1. The van der Waals surface area contributed by atoms with Crippen molar-refractivity contribution in [2.75, 3.05) is 31.3 Å². The van der Waals surface area contributed by atoms with Crippen molar-refractivity contribution in [2.45, 2.75) is 25.7 Å². The largest absolute Gasteiger partial charge is 0.339 e. The van der Waals surface area contributed by atoms with Crippen molar-refractivity contribution in [1.29, 1.82) is 0 Å². The smallest absolute Gasteiger partial charge is 0.324 e. The molecule has 0 saturated carbocycles. The summed E-state index contributed by atoms with van der Waals surface area (Å²) in [6, 6.07) is 5.10. The molecule has 0 bridgehead atoms. The van der Waals surface area contributed by atoms with E-state index in [2.05, 4.69) is 0 Å². The van der Waals surface area contributed by atoms with E-state index in [1.54, 1.807) is 22.0 Å². The number of aryl methyl sites for hydroxylation is 1. The number of aromatic nitrogens is 1. The van der Waals surface area contributed by atoms with Crippen molar-refractivity contribution >= 4 is 39.9 Å². The number of piperidine rings is 1. The topological polar surface area (TPSA) is 96.7 Å². The molecule has 30 heavy (non-hydrogen) atoms. The molecule has 0 aliphatic carbocycles. The molecule has 2 saturated heterocycles. The Morgan fingerprint density at radius 3 is 2.57 bits per heavy atom. The van der Waals surface area contributed by atoms with Gasteiger partial charge in [0.2, 0.25) is 0 Å². The van der Waals surface area contributed by atoms with Crippen LogP contribution in [0, 0.1) is 17.0 Å². The highest BCUT2D eigenvalue weighted by atomic mass is 32.2. The zero-order valence-electron chi connectivity index (χ0n) is 16.6. The Balaban J connectivity index is 1.47. The van der Waals surface area contributed by atoms with Gasteiger partial charge in [0.1, 0.15) is 0 Å². The third kappa shape index (κ3) is 4.20. The Kier molecular flexibility index (Phi) is 6.05. The van der Waals surface area contributed by atoms with Gasteiger partial charge in [-0.2, -0.15) is 0 Å². The first kappa shape index (κ1) is 20.8. The van der Waals surface area contributed by atoms with Crippen LogP contribution < -0.4 is 0 Å². The fourth-order valence-electron chi connectivity index (χ4n) is 3.88. The van der Waals surface area contributed by atoms with Crippen LogP contribution in [0.25, 0.3) is 0 Å². The SMILES string of the molecule is Cc1ccc(C(=O)N2CCSC2)c(C2CCN(C(=O)c3csc([N+](=O)[O-])c3)CC2)n1. The van der Waals surface area contributed by atoms with E-state index in [1.165, 1.54) is 6.07 Å². The van der Waals surface area contributed by atoms with Crippen molar-refractivity contribution < 1.29 is 14.5 Å². The summed E-state index contributed by atoms with van der Waals surface area (Å²) in [7, 11) is 0. The summed E-state index contributed by atoms with van der Waals surface area (Å²) < 4.78 is 0. The Hall–Kier alpha value is -2.46. The molecule has 0 radical (unpaired) electrons. The lowest BCUT2D eigenvalue weighted by Crippen LogP contribution is -2.38. The van der Waals surface area contributed by atoms with Gasteiger partial charge in [-0.25, -0.2) is 0 Å². The predicted molar refractivity (Wildman–Crippen MR) is 116 cm³/mol. The lowest BCUT2D eigenvalue weighted by atomic mass is 9.89. The van der Waals surface area contributed by atoms with E-state index in [-0.39, 0.29) is 22.7 Å². The monoisotopic (exact) mass is 446 g/mol. The number of amides is 2. The van der Waals surface area contributed by atoms with Crippen LogP contribution in [0.1, 0.15) is 50.9 Å². The van der Waals surface area contributed by atoms with Crippen molar-refractivity contribution in [3.05, 3.63) is 56.2 Å². The van der Waals surface area contributed by atoms with E-state index in [4.69, 9.17) is 4.98 Å².